The molecule has 2 unspecified atom stereocenters. The molecule has 4 saturated heterocycles. The Balaban J connectivity index is 1.31. The Hall–Kier alpha value is -3.78. The Morgan fingerprint density at radius 3 is 2.55 bits per heavy atom. The number of hydrogen-bond acceptors (Lipinski definition) is 8. The van der Waals surface area contributed by atoms with Crippen LogP contribution in [0.1, 0.15) is 44.1 Å². The highest BCUT2D eigenvalue weighted by atomic mass is 35.5. The largest absolute Gasteiger partial charge is 0.508 e. The van der Waals surface area contributed by atoms with Gasteiger partial charge in [-0.2, -0.15) is 9.97 Å². The average molecular weight is 617 g/mol. The topological polar surface area (TPSA) is 86.6 Å². The second-order valence-corrected chi connectivity index (χ2v) is 12.9. The summed E-state index contributed by atoms with van der Waals surface area (Å²) >= 11 is 6.87. The van der Waals surface area contributed by atoms with Crippen molar-refractivity contribution in [2.75, 3.05) is 37.7 Å². The van der Waals surface area contributed by atoms with Crippen LogP contribution in [0, 0.1) is 24.0 Å². The van der Waals surface area contributed by atoms with E-state index in [1.54, 1.807) is 0 Å². The first-order chi connectivity index (χ1) is 21.3. The number of piperazine rings is 1. The van der Waals surface area contributed by atoms with E-state index in [2.05, 4.69) is 31.0 Å². The number of ether oxygens (including phenoxy) is 1. The van der Waals surface area contributed by atoms with E-state index in [0.717, 1.165) is 51.6 Å². The van der Waals surface area contributed by atoms with E-state index in [1.165, 1.54) is 24.3 Å². The van der Waals surface area contributed by atoms with Crippen LogP contribution < -0.4 is 15.0 Å². The molecule has 8 nitrogen and oxygen atoms in total. The van der Waals surface area contributed by atoms with Crippen molar-refractivity contribution in [2.24, 2.45) is 0 Å². The van der Waals surface area contributed by atoms with Gasteiger partial charge in [-0.05, 0) is 75.2 Å². The van der Waals surface area contributed by atoms with Gasteiger partial charge in [-0.25, -0.2) is 13.8 Å². The fraction of sp³-hybridized carbons (Fsp3) is 0.424. The molecule has 0 radical (unpaired) electrons. The molecule has 226 valence electrons. The Morgan fingerprint density at radius 2 is 1.82 bits per heavy atom. The van der Waals surface area contributed by atoms with Crippen molar-refractivity contribution in [3.63, 3.8) is 0 Å². The van der Waals surface area contributed by atoms with Crippen LogP contribution in [0.4, 0.5) is 14.6 Å². The van der Waals surface area contributed by atoms with E-state index < -0.39 is 11.6 Å². The van der Waals surface area contributed by atoms with Gasteiger partial charge in [0.25, 0.3) is 0 Å². The molecule has 11 heteroatoms. The Bertz CT molecular complexity index is 1860. The zero-order chi connectivity index (χ0) is 30.2. The van der Waals surface area contributed by atoms with Crippen molar-refractivity contribution in [3.05, 3.63) is 46.6 Å². The molecule has 0 spiro atoms. The molecule has 0 amide bonds. The van der Waals surface area contributed by atoms with E-state index in [9.17, 15) is 9.50 Å². The summed E-state index contributed by atoms with van der Waals surface area (Å²) < 4.78 is 38.0. The number of pyridine rings is 1. The van der Waals surface area contributed by atoms with E-state index in [1.807, 2.05) is 0 Å². The van der Waals surface area contributed by atoms with Gasteiger partial charge in [0.05, 0.1) is 16.5 Å². The Labute approximate surface area is 258 Å². The van der Waals surface area contributed by atoms with Crippen LogP contribution >= 0.6 is 11.6 Å². The Kier molecular flexibility index (Phi) is 6.56. The number of aromatic hydroxyl groups is 1. The molecule has 6 heterocycles. The number of nitrogens with zero attached hydrogens (tertiary/aromatic N) is 5. The van der Waals surface area contributed by atoms with Gasteiger partial charge in [0.1, 0.15) is 40.4 Å². The SMILES string of the molecule is C#Cc1c(F)ccc2cc(O)cc(-c3nc(Cl)c4c(N5CC6CCC(C5)N6)nc(OCC56CCCN5CCC6)nc4c3F)c12. The minimum Gasteiger partial charge on any atom is -0.508 e. The molecule has 4 aliphatic heterocycles. The quantitative estimate of drug-likeness (QED) is 0.227. The lowest BCUT2D eigenvalue weighted by Crippen LogP contribution is -2.51. The molecule has 0 saturated carbocycles. The summed E-state index contributed by atoms with van der Waals surface area (Å²) in [5, 5.41) is 15.1. The number of hydrogen-bond donors (Lipinski definition) is 2. The normalized spacial score (nSPS) is 22.5. The van der Waals surface area contributed by atoms with Crippen molar-refractivity contribution in [3.8, 4) is 35.4 Å². The van der Waals surface area contributed by atoms with Gasteiger partial charge in [0.2, 0.25) is 0 Å². The molecule has 2 N–H and O–H groups in total. The number of rotatable bonds is 5. The van der Waals surface area contributed by atoms with E-state index in [0.29, 0.717) is 43.0 Å². The molecule has 2 aromatic carbocycles. The molecule has 2 atom stereocenters. The average Bonchev–Trinajstić information content (AvgIpc) is 3.70. The van der Waals surface area contributed by atoms with Crippen LogP contribution in [0.2, 0.25) is 5.15 Å². The van der Waals surface area contributed by atoms with Gasteiger partial charge in [-0.15, -0.1) is 6.42 Å². The van der Waals surface area contributed by atoms with Gasteiger partial charge in [-0.3, -0.25) is 4.90 Å². The number of anilines is 1. The van der Waals surface area contributed by atoms with Crippen molar-refractivity contribution in [1.82, 2.24) is 25.2 Å². The van der Waals surface area contributed by atoms with Crippen molar-refractivity contribution < 1.29 is 18.6 Å². The lowest BCUT2D eigenvalue weighted by Gasteiger charge is -2.35. The molecule has 2 bridgehead atoms. The number of fused-ring (bicyclic) bond motifs is 5. The van der Waals surface area contributed by atoms with Crippen molar-refractivity contribution in [1.29, 1.82) is 0 Å². The lowest BCUT2D eigenvalue weighted by atomic mass is 9.95. The lowest BCUT2D eigenvalue weighted by molar-refractivity contribution is 0.108. The van der Waals surface area contributed by atoms with Crippen molar-refractivity contribution >= 4 is 39.1 Å². The van der Waals surface area contributed by atoms with Crippen LogP contribution in [-0.2, 0) is 0 Å². The first-order valence-electron chi connectivity index (χ1n) is 15.2. The molecule has 4 aromatic rings. The van der Waals surface area contributed by atoms with Gasteiger partial charge < -0.3 is 20.1 Å². The number of benzene rings is 2. The highest BCUT2D eigenvalue weighted by molar-refractivity contribution is 6.35. The summed E-state index contributed by atoms with van der Waals surface area (Å²) in [5.74, 6) is 1.28. The summed E-state index contributed by atoms with van der Waals surface area (Å²) in [5.41, 5.74) is -0.243. The number of phenols is 1. The summed E-state index contributed by atoms with van der Waals surface area (Å²) in [7, 11) is 0. The third kappa shape index (κ3) is 4.36. The summed E-state index contributed by atoms with van der Waals surface area (Å²) in [6, 6.07) is 6.12. The van der Waals surface area contributed by atoms with Gasteiger partial charge in [0, 0.05) is 36.1 Å². The predicted molar refractivity (Wildman–Crippen MR) is 165 cm³/mol. The maximum Gasteiger partial charge on any atom is 0.319 e. The monoisotopic (exact) mass is 616 g/mol. The third-order valence-electron chi connectivity index (χ3n) is 9.95. The number of aromatic nitrogens is 3. The van der Waals surface area contributed by atoms with E-state index >= 15 is 4.39 Å². The fourth-order valence-corrected chi connectivity index (χ4v) is 8.21. The van der Waals surface area contributed by atoms with Crippen LogP contribution in [0.3, 0.4) is 0 Å². The smallest absolute Gasteiger partial charge is 0.319 e. The Morgan fingerprint density at radius 1 is 1.07 bits per heavy atom. The minimum absolute atomic E-state index is 0.00432. The van der Waals surface area contributed by atoms with Crippen LogP contribution in [0.15, 0.2) is 24.3 Å². The zero-order valence-corrected chi connectivity index (χ0v) is 24.8. The highest BCUT2D eigenvalue weighted by Gasteiger charge is 2.45. The van der Waals surface area contributed by atoms with E-state index in [-0.39, 0.29) is 55.6 Å². The highest BCUT2D eigenvalue weighted by Crippen LogP contribution is 2.43. The summed E-state index contributed by atoms with van der Waals surface area (Å²) in [6.45, 7) is 3.88. The van der Waals surface area contributed by atoms with Crippen LogP contribution in [0.25, 0.3) is 32.9 Å². The fourth-order valence-electron chi connectivity index (χ4n) is 7.95. The van der Waals surface area contributed by atoms with Gasteiger partial charge in [0.15, 0.2) is 5.82 Å². The molecule has 44 heavy (non-hydrogen) atoms. The molecule has 8 rings (SSSR count). The molecular weight excluding hydrogens is 586 g/mol. The van der Waals surface area contributed by atoms with Gasteiger partial charge >= 0.3 is 6.01 Å². The van der Waals surface area contributed by atoms with E-state index in [4.69, 9.17) is 27.7 Å². The van der Waals surface area contributed by atoms with Crippen LogP contribution in [0.5, 0.6) is 11.8 Å². The summed E-state index contributed by atoms with van der Waals surface area (Å²) in [4.78, 5) is 18.5. The molecule has 2 aromatic heterocycles. The number of terminal acetylenes is 1. The number of halogens is 3. The summed E-state index contributed by atoms with van der Waals surface area (Å²) in [6.07, 6.45) is 12.1. The molecule has 4 fully saturated rings. The molecule has 0 aliphatic carbocycles. The number of nitrogens with one attached hydrogen (secondary N) is 1. The maximum atomic E-state index is 16.8. The first kappa shape index (κ1) is 27.7. The minimum atomic E-state index is -0.781. The van der Waals surface area contributed by atoms with Crippen LogP contribution in [-0.4, -0.2) is 75.4 Å². The maximum absolute atomic E-state index is 16.8. The zero-order valence-electron chi connectivity index (χ0n) is 24.0. The second kappa shape index (κ2) is 10.4. The second-order valence-electron chi connectivity index (χ2n) is 12.5. The van der Waals surface area contributed by atoms with Gasteiger partial charge in [-0.1, -0.05) is 23.6 Å². The standard InChI is InChI=1S/C33H31ClF2N6O2/c1-2-22-24(35)8-5-18-13-21(43)14-23(25(18)22)28-27(36)29-26(30(34)38-28)31(41-15-19-6-7-20(16-41)37-19)40-32(39-29)44-17-33-9-3-11-42(33)12-4-10-33/h1,5,8,13-14,19-20,37,43H,3-4,6-7,9-12,15-17H2. The molecular formula is C33H31ClF2N6O2. The third-order valence-corrected chi connectivity index (χ3v) is 10.2. The first-order valence-corrected chi connectivity index (χ1v) is 15.6. The predicted octanol–water partition coefficient (Wildman–Crippen LogP) is 5.41. The molecule has 4 aliphatic rings. The van der Waals surface area contributed by atoms with Crippen molar-refractivity contribution in [2.45, 2.75) is 56.1 Å². The number of phenolic OH excluding ortho intramolecular Hbond substituents is 1.